The van der Waals surface area contributed by atoms with Gasteiger partial charge in [-0.3, -0.25) is 4.79 Å². The van der Waals surface area contributed by atoms with E-state index in [0.717, 1.165) is 16.9 Å². The number of hydrogen-bond acceptors (Lipinski definition) is 4. The molecule has 0 unspecified atom stereocenters. The second kappa shape index (κ2) is 6.62. The van der Waals surface area contributed by atoms with Gasteiger partial charge in [0, 0.05) is 16.8 Å². The molecule has 0 radical (unpaired) electrons. The fourth-order valence-electron chi connectivity index (χ4n) is 2.22. The summed E-state index contributed by atoms with van der Waals surface area (Å²) in [4.78, 5) is 16.7. The van der Waals surface area contributed by atoms with Crippen molar-refractivity contribution in [3.8, 4) is 0 Å². The Labute approximate surface area is 139 Å². The van der Waals surface area contributed by atoms with Crippen LogP contribution in [0.2, 0.25) is 0 Å². The number of thiazole rings is 1. The van der Waals surface area contributed by atoms with Crippen LogP contribution in [0.3, 0.4) is 0 Å². The van der Waals surface area contributed by atoms with Crippen molar-refractivity contribution in [2.75, 3.05) is 10.6 Å². The second-order valence-corrected chi connectivity index (χ2v) is 6.16. The zero-order valence-electron chi connectivity index (χ0n) is 13.0. The van der Waals surface area contributed by atoms with Crippen molar-refractivity contribution in [1.29, 1.82) is 0 Å². The van der Waals surface area contributed by atoms with Gasteiger partial charge in [-0.2, -0.15) is 0 Å². The van der Waals surface area contributed by atoms with Crippen molar-refractivity contribution in [3.63, 3.8) is 0 Å². The molecule has 3 rings (SSSR count). The number of hydrogen-bond donors (Lipinski definition) is 2. The van der Waals surface area contributed by atoms with Crippen molar-refractivity contribution in [2.24, 2.45) is 0 Å². The first-order valence-electron chi connectivity index (χ1n) is 7.28. The maximum Gasteiger partial charge on any atom is 0.275 e. The Morgan fingerprint density at radius 1 is 1.09 bits per heavy atom. The number of benzene rings is 2. The summed E-state index contributed by atoms with van der Waals surface area (Å²) in [6.45, 7) is 4.01. The van der Waals surface area contributed by atoms with E-state index in [2.05, 4.69) is 15.6 Å². The van der Waals surface area contributed by atoms with Gasteiger partial charge in [-0.05, 0) is 37.6 Å². The molecule has 0 atom stereocenters. The number of anilines is 3. The van der Waals surface area contributed by atoms with Crippen LogP contribution >= 0.6 is 11.3 Å². The van der Waals surface area contributed by atoms with Gasteiger partial charge in [0.15, 0.2) is 5.13 Å². The number of aryl methyl sites for hydroxylation is 2. The van der Waals surface area contributed by atoms with E-state index >= 15 is 0 Å². The topological polar surface area (TPSA) is 54.0 Å². The molecule has 1 aromatic heterocycles. The maximum absolute atomic E-state index is 12.3. The molecule has 23 heavy (non-hydrogen) atoms. The molecule has 0 bridgehead atoms. The summed E-state index contributed by atoms with van der Waals surface area (Å²) in [5.41, 5.74) is 4.38. The normalized spacial score (nSPS) is 10.3. The number of amides is 1. The minimum absolute atomic E-state index is 0.200. The number of nitrogens with zero attached hydrogens (tertiary/aromatic N) is 1. The predicted molar refractivity (Wildman–Crippen MR) is 95.7 cm³/mol. The van der Waals surface area contributed by atoms with Crippen molar-refractivity contribution in [2.45, 2.75) is 13.8 Å². The van der Waals surface area contributed by atoms with Crippen LogP contribution in [-0.2, 0) is 0 Å². The highest BCUT2D eigenvalue weighted by atomic mass is 32.1. The van der Waals surface area contributed by atoms with E-state index in [4.69, 9.17) is 0 Å². The smallest absolute Gasteiger partial charge is 0.275 e. The molecule has 0 aliphatic heterocycles. The largest absolute Gasteiger partial charge is 0.332 e. The van der Waals surface area contributed by atoms with Crippen LogP contribution < -0.4 is 10.6 Å². The van der Waals surface area contributed by atoms with Gasteiger partial charge in [0.05, 0.1) is 0 Å². The average Bonchev–Trinajstić information content (AvgIpc) is 3.00. The van der Waals surface area contributed by atoms with Crippen LogP contribution in [0.5, 0.6) is 0 Å². The van der Waals surface area contributed by atoms with Gasteiger partial charge in [-0.25, -0.2) is 4.98 Å². The molecule has 0 saturated heterocycles. The van der Waals surface area contributed by atoms with Gasteiger partial charge in [-0.1, -0.05) is 35.9 Å². The first-order chi connectivity index (χ1) is 11.1. The second-order valence-electron chi connectivity index (χ2n) is 5.30. The van der Waals surface area contributed by atoms with Gasteiger partial charge in [0.1, 0.15) is 5.69 Å². The van der Waals surface area contributed by atoms with Gasteiger partial charge >= 0.3 is 0 Å². The fraction of sp³-hybridized carbons (Fsp3) is 0.111. The molecular weight excluding hydrogens is 306 g/mol. The minimum atomic E-state index is -0.200. The first kappa shape index (κ1) is 15.2. The summed E-state index contributed by atoms with van der Waals surface area (Å²) >= 11 is 1.41. The third-order valence-electron chi connectivity index (χ3n) is 3.39. The quantitative estimate of drug-likeness (QED) is 0.728. The van der Waals surface area contributed by atoms with E-state index in [-0.39, 0.29) is 5.91 Å². The lowest BCUT2D eigenvalue weighted by atomic mass is 10.1. The Hall–Kier alpha value is -2.66. The zero-order chi connectivity index (χ0) is 16.2. The van der Waals surface area contributed by atoms with Crippen LogP contribution in [0, 0.1) is 13.8 Å². The molecule has 0 aliphatic rings. The minimum Gasteiger partial charge on any atom is -0.332 e. The molecule has 1 amide bonds. The Morgan fingerprint density at radius 3 is 2.61 bits per heavy atom. The fourth-order valence-corrected chi connectivity index (χ4v) is 2.93. The molecule has 1 heterocycles. The lowest BCUT2D eigenvalue weighted by molar-refractivity contribution is 0.102. The van der Waals surface area contributed by atoms with Crippen LogP contribution in [0.15, 0.2) is 53.9 Å². The van der Waals surface area contributed by atoms with Crippen LogP contribution in [0.25, 0.3) is 0 Å². The Morgan fingerprint density at radius 2 is 1.87 bits per heavy atom. The highest BCUT2D eigenvalue weighted by Crippen LogP contribution is 2.22. The Bertz CT molecular complexity index is 827. The van der Waals surface area contributed by atoms with E-state index in [1.54, 1.807) is 5.38 Å². The number of para-hydroxylation sites is 1. The van der Waals surface area contributed by atoms with Gasteiger partial charge in [0.2, 0.25) is 0 Å². The summed E-state index contributed by atoms with van der Waals surface area (Å²) in [5.74, 6) is -0.200. The third-order valence-corrected chi connectivity index (χ3v) is 4.15. The summed E-state index contributed by atoms with van der Waals surface area (Å²) in [6.07, 6.45) is 0. The van der Waals surface area contributed by atoms with Crippen molar-refractivity contribution in [3.05, 3.63) is 70.7 Å². The van der Waals surface area contributed by atoms with Gasteiger partial charge in [-0.15, -0.1) is 11.3 Å². The number of carbonyl (C=O) groups excluding carboxylic acids is 1. The van der Waals surface area contributed by atoms with Crippen molar-refractivity contribution < 1.29 is 4.79 Å². The molecule has 0 fully saturated rings. The van der Waals surface area contributed by atoms with Crippen molar-refractivity contribution in [1.82, 2.24) is 4.98 Å². The molecular formula is C18H17N3OS. The lowest BCUT2D eigenvalue weighted by Crippen LogP contribution is -2.13. The molecule has 2 N–H and O–H groups in total. The Kier molecular flexibility index (Phi) is 4.39. The first-order valence-corrected chi connectivity index (χ1v) is 8.16. The summed E-state index contributed by atoms with van der Waals surface area (Å²) in [6, 6.07) is 15.7. The summed E-state index contributed by atoms with van der Waals surface area (Å²) in [7, 11) is 0. The van der Waals surface area contributed by atoms with E-state index in [9.17, 15) is 4.79 Å². The van der Waals surface area contributed by atoms with Crippen LogP contribution in [0.1, 0.15) is 21.6 Å². The van der Waals surface area contributed by atoms with Gasteiger partial charge < -0.3 is 10.6 Å². The summed E-state index contributed by atoms with van der Waals surface area (Å²) < 4.78 is 0. The standard InChI is InChI=1S/C18H17N3OS/c1-12-8-9-15(13(2)10-12)20-17(22)16-11-23-18(21-16)19-14-6-4-3-5-7-14/h3-11H,1-2H3,(H,19,21)(H,20,22). The molecule has 0 spiro atoms. The monoisotopic (exact) mass is 323 g/mol. The number of nitrogens with one attached hydrogen (secondary N) is 2. The molecule has 0 saturated carbocycles. The average molecular weight is 323 g/mol. The molecule has 2 aromatic carbocycles. The molecule has 0 aliphatic carbocycles. The predicted octanol–water partition coefficient (Wildman–Crippen LogP) is 4.76. The van der Waals surface area contributed by atoms with Crippen LogP contribution in [-0.4, -0.2) is 10.9 Å². The lowest BCUT2D eigenvalue weighted by Gasteiger charge is -2.07. The van der Waals surface area contributed by atoms with E-state index < -0.39 is 0 Å². The molecule has 116 valence electrons. The highest BCUT2D eigenvalue weighted by Gasteiger charge is 2.12. The number of aromatic nitrogens is 1. The zero-order valence-corrected chi connectivity index (χ0v) is 13.8. The highest BCUT2D eigenvalue weighted by molar-refractivity contribution is 7.14. The van der Waals surface area contributed by atoms with E-state index in [1.165, 1.54) is 16.9 Å². The van der Waals surface area contributed by atoms with Gasteiger partial charge in [0.25, 0.3) is 5.91 Å². The molecule has 5 heteroatoms. The maximum atomic E-state index is 12.3. The third kappa shape index (κ3) is 3.76. The number of carbonyl (C=O) groups is 1. The van der Waals surface area contributed by atoms with Crippen LogP contribution in [0.4, 0.5) is 16.5 Å². The van der Waals surface area contributed by atoms with Crippen molar-refractivity contribution >= 4 is 33.8 Å². The molecule has 3 aromatic rings. The molecule has 4 nitrogen and oxygen atoms in total. The Balaban J connectivity index is 1.71. The number of rotatable bonds is 4. The van der Waals surface area contributed by atoms with E-state index in [0.29, 0.717) is 10.8 Å². The van der Waals surface area contributed by atoms with E-state index in [1.807, 2.05) is 62.4 Å². The SMILES string of the molecule is Cc1ccc(NC(=O)c2csc(Nc3ccccc3)n2)c(C)c1. The summed E-state index contributed by atoms with van der Waals surface area (Å²) in [5, 5.41) is 8.55.